The third-order valence-corrected chi connectivity index (χ3v) is 6.72. The summed E-state index contributed by atoms with van der Waals surface area (Å²) >= 11 is 0. The summed E-state index contributed by atoms with van der Waals surface area (Å²) in [6.07, 6.45) is 0.858. The summed E-state index contributed by atoms with van der Waals surface area (Å²) in [5.74, 6) is 0. The van der Waals surface area contributed by atoms with E-state index >= 15 is 0 Å². The van der Waals surface area contributed by atoms with E-state index < -0.39 is 30.1 Å². The minimum Gasteiger partial charge on any atom is -0.399 e. The van der Waals surface area contributed by atoms with Crippen LogP contribution < -0.4 is 5.46 Å². The Labute approximate surface area is 173 Å². The largest absolute Gasteiger partial charge is 0.495 e. The molecule has 29 heavy (non-hydrogen) atoms. The molecular formula is C22H33BF3NO2. The molecule has 1 atom stereocenters. The molecule has 0 aliphatic carbocycles. The molecule has 0 radical (unpaired) electrons. The standard InChI is InChI=1S/C22H33BF3NO2/c1-6-10-17-12-7-8-14-27(17)15-16-11-9-13-18(19(16)22(24,25)26)23-28-20(2,3)21(4,5)29-23/h9,11,13,17H,6-8,10,12,14-15H2,1-5H3/t17-/m1/s1. The number of alkyl halides is 3. The van der Waals surface area contributed by atoms with E-state index in [0.29, 0.717) is 18.2 Å². The maximum absolute atomic E-state index is 14.2. The first-order chi connectivity index (χ1) is 13.5. The van der Waals surface area contributed by atoms with Gasteiger partial charge in [0.05, 0.1) is 16.8 Å². The fraction of sp³-hybridized carbons (Fsp3) is 0.727. The summed E-state index contributed by atoms with van der Waals surface area (Å²) in [6, 6.07) is 5.16. The van der Waals surface area contributed by atoms with Crippen molar-refractivity contribution in [1.29, 1.82) is 0 Å². The molecule has 3 rings (SSSR count). The normalized spacial score (nSPS) is 24.8. The van der Waals surface area contributed by atoms with Crippen molar-refractivity contribution in [1.82, 2.24) is 4.90 Å². The van der Waals surface area contributed by atoms with Crippen LogP contribution in [0, 0.1) is 0 Å². The van der Waals surface area contributed by atoms with Gasteiger partial charge in [0.15, 0.2) is 0 Å². The molecule has 7 heteroatoms. The maximum atomic E-state index is 14.2. The van der Waals surface area contributed by atoms with Gasteiger partial charge in [-0.1, -0.05) is 38.0 Å². The number of hydrogen-bond donors (Lipinski definition) is 0. The summed E-state index contributed by atoms with van der Waals surface area (Å²) in [7, 11) is -1.02. The van der Waals surface area contributed by atoms with Gasteiger partial charge in [0.2, 0.25) is 0 Å². The molecule has 2 saturated heterocycles. The minimum absolute atomic E-state index is 0.0812. The van der Waals surface area contributed by atoms with Gasteiger partial charge in [-0.2, -0.15) is 13.2 Å². The molecule has 162 valence electrons. The smallest absolute Gasteiger partial charge is 0.399 e. The van der Waals surface area contributed by atoms with E-state index in [4.69, 9.17) is 9.31 Å². The number of nitrogens with zero attached hydrogens (tertiary/aromatic N) is 1. The highest BCUT2D eigenvalue weighted by Crippen LogP contribution is 2.39. The quantitative estimate of drug-likeness (QED) is 0.625. The first-order valence-electron chi connectivity index (χ1n) is 10.7. The molecule has 0 bridgehead atoms. The molecule has 0 spiro atoms. The molecule has 1 aromatic carbocycles. The van der Waals surface area contributed by atoms with Gasteiger partial charge in [-0.25, -0.2) is 0 Å². The minimum atomic E-state index is -4.47. The predicted octanol–water partition coefficient (Wildman–Crippen LogP) is 5.16. The second-order valence-corrected chi connectivity index (χ2v) is 9.38. The molecule has 0 aromatic heterocycles. The summed E-state index contributed by atoms with van der Waals surface area (Å²) in [6.45, 7) is 10.7. The number of likely N-dealkylation sites (tertiary alicyclic amines) is 1. The van der Waals surface area contributed by atoms with Gasteiger partial charge in [-0.3, -0.25) is 4.90 Å². The second kappa shape index (κ2) is 8.24. The van der Waals surface area contributed by atoms with Crippen molar-refractivity contribution in [2.75, 3.05) is 6.54 Å². The Morgan fingerprint density at radius 3 is 2.34 bits per heavy atom. The molecular weight excluding hydrogens is 378 g/mol. The Kier molecular flexibility index (Phi) is 6.43. The molecule has 3 nitrogen and oxygen atoms in total. The van der Waals surface area contributed by atoms with Crippen molar-refractivity contribution < 1.29 is 22.5 Å². The Morgan fingerprint density at radius 2 is 1.76 bits per heavy atom. The van der Waals surface area contributed by atoms with Crippen LogP contribution in [0.3, 0.4) is 0 Å². The highest BCUT2D eigenvalue weighted by Gasteiger charge is 2.54. The van der Waals surface area contributed by atoms with Gasteiger partial charge in [-0.05, 0) is 64.5 Å². The summed E-state index contributed by atoms with van der Waals surface area (Å²) in [4.78, 5) is 2.23. The SMILES string of the molecule is CCC[C@@H]1CCCCN1Cc1cccc(B2OC(C)(C)C(C)(C)O2)c1C(F)(F)F. The van der Waals surface area contributed by atoms with E-state index in [2.05, 4.69) is 11.8 Å². The van der Waals surface area contributed by atoms with Gasteiger partial charge in [0.25, 0.3) is 0 Å². The molecule has 0 saturated carbocycles. The van der Waals surface area contributed by atoms with Crippen molar-refractivity contribution in [3.8, 4) is 0 Å². The third-order valence-electron chi connectivity index (χ3n) is 6.72. The van der Waals surface area contributed by atoms with Gasteiger partial charge < -0.3 is 9.31 Å². The molecule has 2 heterocycles. The lowest BCUT2D eigenvalue weighted by Crippen LogP contribution is -2.42. The van der Waals surface area contributed by atoms with Crippen LogP contribution >= 0.6 is 0 Å². The lowest BCUT2D eigenvalue weighted by Gasteiger charge is -2.36. The van der Waals surface area contributed by atoms with Crippen LogP contribution in [0.15, 0.2) is 18.2 Å². The molecule has 2 aliphatic heterocycles. The first-order valence-corrected chi connectivity index (χ1v) is 10.7. The van der Waals surface area contributed by atoms with Gasteiger partial charge in [0.1, 0.15) is 0 Å². The van der Waals surface area contributed by atoms with E-state index in [1.165, 1.54) is 6.07 Å². The van der Waals surface area contributed by atoms with E-state index in [1.807, 2.05) is 27.7 Å². The lowest BCUT2D eigenvalue weighted by molar-refractivity contribution is -0.137. The van der Waals surface area contributed by atoms with Crippen molar-refractivity contribution in [2.45, 2.75) is 96.7 Å². The van der Waals surface area contributed by atoms with Crippen LogP contribution in [-0.4, -0.2) is 35.8 Å². The zero-order chi connectivity index (χ0) is 21.4. The molecule has 2 fully saturated rings. The number of hydrogen-bond acceptors (Lipinski definition) is 3. The molecule has 0 unspecified atom stereocenters. The monoisotopic (exact) mass is 411 g/mol. The Balaban J connectivity index is 1.96. The first kappa shape index (κ1) is 22.6. The Morgan fingerprint density at radius 1 is 1.10 bits per heavy atom. The average molecular weight is 411 g/mol. The molecule has 0 N–H and O–H groups in total. The van der Waals surface area contributed by atoms with Crippen LogP contribution in [0.25, 0.3) is 0 Å². The van der Waals surface area contributed by atoms with E-state index in [1.54, 1.807) is 12.1 Å². The summed E-state index contributed by atoms with van der Waals surface area (Å²) in [5, 5.41) is 0. The number of halogens is 3. The molecule has 0 amide bonds. The molecule has 2 aliphatic rings. The zero-order valence-electron chi connectivity index (χ0n) is 18.2. The van der Waals surface area contributed by atoms with Crippen molar-refractivity contribution in [2.24, 2.45) is 0 Å². The third kappa shape index (κ3) is 4.67. The number of rotatable bonds is 5. The van der Waals surface area contributed by atoms with Crippen LogP contribution in [0.5, 0.6) is 0 Å². The van der Waals surface area contributed by atoms with Crippen LogP contribution in [0.2, 0.25) is 0 Å². The highest BCUT2D eigenvalue weighted by atomic mass is 19.4. The number of piperidine rings is 1. The van der Waals surface area contributed by atoms with Crippen LogP contribution in [0.4, 0.5) is 13.2 Å². The average Bonchev–Trinajstić information content (AvgIpc) is 2.83. The lowest BCUT2D eigenvalue weighted by atomic mass is 9.74. The fourth-order valence-corrected chi connectivity index (χ4v) is 4.41. The summed E-state index contributed by atoms with van der Waals surface area (Å²) < 4.78 is 54.6. The van der Waals surface area contributed by atoms with E-state index in [9.17, 15) is 13.2 Å². The second-order valence-electron chi connectivity index (χ2n) is 9.38. The maximum Gasteiger partial charge on any atom is 0.495 e. The molecule has 1 aromatic rings. The van der Waals surface area contributed by atoms with Crippen molar-refractivity contribution in [3.63, 3.8) is 0 Å². The predicted molar refractivity (Wildman–Crippen MR) is 110 cm³/mol. The van der Waals surface area contributed by atoms with Gasteiger partial charge in [-0.15, -0.1) is 0 Å². The highest BCUT2D eigenvalue weighted by molar-refractivity contribution is 6.62. The topological polar surface area (TPSA) is 21.7 Å². The van der Waals surface area contributed by atoms with Gasteiger partial charge >= 0.3 is 13.3 Å². The van der Waals surface area contributed by atoms with E-state index in [0.717, 1.165) is 38.6 Å². The Hall–Kier alpha value is -1.05. The van der Waals surface area contributed by atoms with Crippen molar-refractivity contribution >= 4 is 12.6 Å². The van der Waals surface area contributed by atoms with Gasteiger partial charge in [0, 0.05) is 12.6 Å². The summed E-state index contributed by atoms with van der Waals surface area (Å²) in [5.41, 5.74) is -1.57. The fourth-order valence-electron chi connectivity index (χ4n) is 4.41. The zero-order valence-corrected chi connectivity index (χ0v) is 18.2. The van der Waals surface area contributed by atoms with E-state index in [-0.39, 0.29) is 5.46 Å². The van der Waals surface area contributed by atoms with Crippen LogP contribution in [-0.2, 0) is 22.0 Å². The Bertz CT molecular complexity index is 702. The van der Waals surface area contributed by atoms with Crippen LogP contribution in [0.1, 0.15) is 77.8 Å². The van der Waals surface area contributed by atoms with Crippen molar-refractivity contribution in [3.05, 3.63) is 29.3 Å². The number of benzene rings is 1.